The normalized spacial score (nSPS) is 16.6. The van der Waals surface area contributed by atoms with Crippen LogP contribution >= 0.6 is 22.9 Å². The van der Waals surface area contributed by atoms with E-state index < -0.39 is 0 Å². The number of benzene rings is 1. The molecule has 1 aliphatic heterocycles. The summed E-state index contributed by atoms with van der Waals surface area (Å²) >= 11 is 7.63. The summed E-state index contributed by atoms with van der Waals surface area (Å²) in [4.78, 5) is 19.3. The molecule has 5 nitrogen and oxygen atoms in total. The number of nitrogens with zero attached hydrogens (tertiary/aromatic N) is 2. The second-order valence-corrected chi connectivity index (χ2v) is 9.09. The monoisotopic (exact) mass is 408 g/mol. The van der Waals surface area contributed by atoms with E-state index >= 15 is 0 Å². The third-order valence-electron chi connectivity index (χ3n) is 4.59. The van der Waals surface area contributed by atoms with Gasteiger partial charge in [0.2, 0.25) is 0 Å². The van der Waals surface area contributed by atoms with E-state index in [0.717, 1.165) is 26.1 Å². The van der Waals surface area contributed by atoms with Gasteiger partial charge in [-0.15, -0.1) is 11.3 Å². The van der Waals surface area contributed by atoms with Crippen LogP contribution in [0.2, 0.25) is 5.02 Å². The van der Waals surface area contributed by atoms with Crippen molar-refractivity contribution in [2.24, 2.45) is 4.99 Å². The molecule has 3 rings (SSSR count). The third-order valence-corrected chi connectivity index (χ3v) is 6.25. The molecule has 1 aliphatic rings. The van der Waals surface area contributed by atoms with E-state index in [9.17, 15) is 4.79 Å². The minimum atomic E-state index is -0.350. The van der Waals surface area contributed by atoms with Gasteiger partial charge < -0.3 is 14.0 Å². The highest BCUT2D eigenvalue weighted by molar-refractivity contribution is 7.09. The zero-order chi connectivity index (χ0) is 19.6. The van der Waals surface area contributed by atoms with Crippen molar-refractivity contribution in [1.29, 1.82) is 0 Å². The first-order chi connectivity index (χ1) is 12.8. The SMILES string of the molecule is COc1ccc(Cl)cc1C(=O)/N=c1\sc(C(C)(C)C)cn1C1CCOCC1. The van der Waals surface area contributed by atoms with Crippen LogP contribution in [-0.4, -0.2) is 30.8 Å². The molecule has 0 aliphatic carbocycles. The van der Waals surface area contributed by atoms with Gasteiger partial charge in [0.25, 0.3) is 5.91 Å². The number of hydrogen-bond donors (Lipinski definition) is 0. The van der Waals surface area contributed by atoms with Gasteiger partial charge in [0.05, 0.1) is 12.7 Å². The van der Waals surface area contributed by atoms with Crippen molar-refractivity contribution >= 4 is 28.8 Å². The number of rotatable bonds is 3. The van der Waals surface area contributed by atoms with Gasteiger partial charge in [0.15, 0.2) is 4.80 Å². The number of halogens is 1. The highest BCUT2D eigenvalue weighted by Crippen LogP contribution is 2.28. The van der Waals surface area contributed by atoms with Gasteiger partial charge in [-0.25, -0.2) is 0 Å². The lowest BCUT2D eigenvalue weighted by molar-refractivity contribution is 0.0687. The minimum absolute atomic E-state index is 0.0118. The lowest BCUT2D eigenvalue weighted by atomic mass is 9.95. The molecule has 1 fully saturated rings. The number of carbonyl (C=O) groups is 1. The topological polar surface area (TPSA) is 52.8 Å². The Balaban J connectivity index is 2.07. The summed E-state index contributed by atoms with van der Waals surface area (Å²) < 4.78 is 12.9. The summed E-state index contributed by atoms with van der Waals surface area (Å²) in [6.07, 6.45) is 3.98. The first-order valence-corrected chi connectivity index (χ1v) is 10.2. The average Bonchev–Trinajstić information content (AvgIpc) is 3.06. The van der Waals surface area contributed by atoms with Crippen LogP contribution in [-0.2, 0) is 10.2 Å². The zero-order valence-electron chi connectivity index (χ0n) is 16.1. The third kappa shape index (κ3) is 4.62. The molecule has 27 heavy (non-hydrogen) atoms. The maximum atomic E-state index is 12.9. The Morgan fingerprint density at radius 1 is 1.33 bits per heavy atom. The van der Waals surface area contributed by atoms with Crippen molar-refractivity contribution in [3.8, 4) is 5.75 Å². The summed E-state index contributed by atoms with van der Waals surface area (Å²) in [5.74, 6) is 0.121. The maximum Gasteiger partial charge on any atom is 0.283 e. The smallest absolute Gasteiger partial charge is 0.283 e. The second kappa shape index (κ2) is 8.17. The van der Waals surface area contributed by atoms with Gasteiger partial charge in [-0.05, 0) is 36.5 Å². The summed E-state index contributed by atoms with van der Waals surface area (Å²) in [6, 6.07) is 5.27. The molecule has 2 aromatic rings. The van der Waals surface area contributed by atoms with Gasteiger partial charge in [0.1, 0.15) is 5.75 Å². The van der Waals surface area contributed by atoms with Gasteiger partial charge in [0, 0.05) is 35.4 Å². The molecule has 0 spiro atoms. The number of ether oxygens (including phenoxy) is 2. The molecule has 0 saturated carbocycles. The number of hydrogen-bond acceptors (Lipinski definition) is 4. The quantitative estimate of drug-likeness (QED) is 0.745. The molecule has 0 atom stereocenters. The Hall–Kier alpha value is -1.63. The van der Waals surface area contributed by atoms with E-state index in [-0.39, 0.29) is 11.3 Å². The van der Waals surface area contributed by atoms with Crippen LogP contribution in [0.4, 0.5) is 0 Å². The highest BCUT2D eigenvalue weighted by Gasteiger charge is 2.23. The lowest BCUT2D eigenvalue weighted by Crippen LogP contribution is -2.26. The largest absolute Gasteiger partial charge is 0.496 e. The molecule has 0 radical (unpaired) electrons. The van der Waals surface area contributed by atoms with Crippen molar-refractivity contribution in [2.75, 3.05) is 20.3 Å². The molecule has 1 aromatic carbocycles. The van der Waals surface area contributed by atoms with Gasteiger partial charge in [-0.1, -0.05) is 32.4 Å². The van der Waals surface area contributed by atoms with Crippen LogP contribution < -0.4 is 9.54 Å². The van der Waals surface area contributed by atoms with E-state index in [1.807, 2.05) is 0 Å². The number of methoxy groups -OCH3 is 1. The van der Waals surface area contributed by atoms with Crippen LogP contribution in [0.15, 0.2) is 29.4 Å². The van der Waals surface area contributed by atoms with Crippen molar-refractivity contribution in [3.05, 3.63) is 44.7 Å². The molecule has 7 heteroatoms. The van der Waals surface area contributed by atoms with Gasteiger partial charge in [-0.2, -0.15) is 4.99 Å². The van der Waals surface area contributed by atoms with Crippen LogP contribution in [0.3, 0.4) is 0 Å². The van der Waals surface area contributed by atoms with E-state index in [0.29, 0.717) is 27.2 Å². The fourth-order valence-corrected chi connectivity index (χ4v) is 4.28. The van der Waals surface area contributed by atoms with E-state index in [1.54, 1.807) is 29.5 Å². The molecular formula is C20H25ClN2O3S. The van der Waals surface area contributed by atoms with Crippen molar-refractivity contribution in [3.63, 3.8) is 0 Å². The summed E-state index contributed by atoms with van der Waals surface area (Å²) in [5.41, 5.74) is 0.358. The predicted molar refractivity (Wildman–Crippen MR) is 108 cm³/mol. The molecule has 146 valence electrons. The van der Waals surface area contributed by atoms with Crippen LogP contribution in [0.1, 0.15) is 54.9 Å². The van der Waals surface area contributed by atoms with Crippen LogP contribution in [0.25, 0.3) is 0 Å². The van der Waals surface area contributed by atoms with Crippen LogP contribution in [0, 0.1) is 0 Å². The molecule has 0 N–H and O–H groups in total. The Labute approximate surface area is 168 Å². The fraction of sp³-hybridized carbons (Fsp3) is 0.500. The van der Waals surface area contributed by atoms with E-state index in [1.165, 1.54) is 12.0 Å². The standard InChI is InChI=1S/C20H25ClN2O3S/c1-20(2,3)17-12-23(14-7-9-26-10-8-14)19(27-17)22-18(24)15-11-13(21)5-6-16(15)25-4/h5-6,11-12,14H,7-10H2,1-4H3/b22-19-. The van der Waals surface area contributed by atoms with Crippen molar-refractivity contribution < 1.29 is 14.3 Å². The first kappa shape index (κ1) is 20.1. The highest BCUT2D eigenvalue weighted by atomic mass is 35.5. The molecule has 1 aromatic heterocycles. The summed E-state index contributed by atoms with van der Waals surface area (Å²) in [6.45, 7) is 7.96. The lowest BCUT2D eigenvalue weighted by Gasteiger charge is -2.23. The Morgan fingerprint density at radius 2 is 2.04 bits per heavy atom. The zero-order valence-corrected chi connectivity index (χ0v) is 17.7. The fourth-order valence-electron chi connectivity index (χ4n) is 3.01. The van der Waals surface area contributed by atoms with Crippen molar-refractivity contribution in [1.82, 2.24) is 4.57 Å². The number of amides is 1. The number of thiazole rings is 1. The first-order valence-electron chi connectivity index (χ1n) is 9.02. The molecule has 0 bridgehead atoms. The Morgan fingerprint density at radius 3 is 2.67 bits per heavy atom. The second-order valence-electron chi connectivity index (χ2n) is 7.64. The summed E-state index contributed by atoms with van der Waals surface area (Å²) in [5, 5.41) is 0.480. The molecular weight excluding hydrogens is 384 g/mol. The minimum Gasteiger partial charge on any atom is -0.496 e. The van der Waals surface area contributed by atoms with Crippen LogP contribution in [0.5, 0.6) is 5.75 Å². The summed E-state index contributed by atoms with van der Waals surface area (Å²) in [7, 11) is 1.53. The molecule has 1 saturated heterocycles. The maximum absolute atomic E-state index is 12.9. The Bertz CT molecular complexity index is 889. The van der Waals surface area contributed by atoms with E-state index in [4.69, 9.17) is 21.1 Å². The van der Waals surface area contributed by atoms with Gasteiger partial charge >= 0.3 is 0 Å². The molecule has 2 heterocycles. The number of carbonyl (C=O) groups excluding carboxylic acids is 1. The number of aromatic nitrogens is 1. The average molecular weight is 409 g/mol. The van der Waals surface area contributed by atoms with Gasteiger partial charge in [-0.3, -0.25) is 4.79 Å². The predicted octanol–water partition coefficient (Wildman–Crippen LogP) is 4.60. The Kier molecular flexibility index (Phi) is 6.08. The van der Waals surface area contributed by atoms with E-state index in [2.05, 4.69) is 36.5 Å². The molecule has 0 unspecified atom stereocenters. The molecule has 1 amide bonds. The van der Waals surface area contributed by atoms with Crippen molar-refractivity contribution in [2.45, 2.75) is 45.1 Å².